The second kappa shape index (κ2) is 10.7. The molecule has 0 amide bonds. The maximum absolute atomic E-state index is 12.1. The van der Waals surface area contributed by atoms with E-state index in [1.165, 1.54) is 18.6 Å². The third-order valence-corrected chi connectivity index (χ3v) is 4.27. The number of carbonyl (C=O) groups excluding carboxylic acids is 1. The van der Waals surface area contributed by atoms with Gasteiger partial charge in [0.25, 0.3) is 11.4 Å². The molecular weight excluding hydrogens is 378 g/mol. The van der Waals surface area contributed by atoms with Gasteiger partial charge in [-0.1, -0.05) is 32.6 Å². The highest BCUT2D eigenvalue weighted by molar-refractivity contribution is 5.90. The molecule has 0 bridgehead atoms. The summed E-state index contributed by atoms with van der Waals surface area (Å²) in [5.74, 6) is -0.423. The maximum Gasteiger partial charge on any atom is 0.338 e. The molecule has 0 aliphatic heterocycles. The first-order chi connectivity index (χ1) is 13.9. The molecule has 1 N–H and O–H groups in total. The molecule has 0 saturated carbocycles. The molecule has 0 saturated heterocycles. The largest absolute Gasteiger partial charge is 0.462 e. The van der Waals surface area contributed by atoms with Crippen LogP contribution in [0.25, 0.3) is 0 Å². The zero-order valence-corrected chi connectivity index (χ0v) is 16.1. The minimum Gasteiger partial charge on any atom is -0.462 e. The van der Waals surface area contributed by atoms with Crippen molar-refractivity contribution in [2.75, 3.05) is 11.9 Å². The van der Waals surface area contributed by atoms with Crippen molar-refractivity contribution >= 4 is 28.7 Å². The highest BCUT2D eigenvalue weighted by atomic mass is 16.6. The number of hydrogen-bond donors (Lipinski definition) is 1. The second-order valence-corrected chi connectivity index (χ2v) is 6.47. The number of hydrogen-bond acceptors (Lipinski definition) is 7. The molecule has 0 unspecified atom stereocenters. The van der Waals surface area contributed by atoms with Gasteiger partial charge in [-0.3, -0.25) is 20.2 Å². The summed E-state index contributed by atoms with van der Waals surface area (Å²) in [7, 11) is 0. The van der Waals surface area contributed by atoms with Crippen LogP contribution in [-0.4, -0.2) is 22.4 Å². The Balaban J connectivity index is 1.98. The Morgan fingerprint density at radius 3 is 2.28 bits per heavy atom. The summed E-state index contributed by atoms with van der Waals surface area (Å²) in [4.78, 5) is 32.7. The van der Waals surface area contributed by atoms with Gasteiger partial charge < -0.3 is 10.1 Å². The second-order valence-electron chi connectivity index (χ2n) is 6.47. The van der Waals surface area contributed by atoms with E-state index < -0.39 is 21.5 Å². The fraction of sp³-hybridized carbons (Fsp3) is 0.350. The molecule has 0 aliphatic rings. The molecular formula is C20H23N3O6. The lowest BCUT2D eigenvalue weighted by Gasteiger charge is -2.08. The molecule has 0 spiro atoms. The van der Waals surface area contributed by atoms with Crippen molar-refractivity contribution in [3.63, 3.8) is 0 Å². The van der Waals surface area contributed by atoms with Gasteiger partial charge in [0.2, 0.25) is 0 Å². The van der Waals surface area contributed by atoms with Gasteiger partial charge in [-0.25, -0.2) is 4.79 Å². The van der Waals surface area contributed by atoms with Crippen LogP contribution >= 0.6 is 0 Å². The van der Waals surface area contributed by atoms with E-state index in [1.54, 1.807) is 24.3 Å². The van der Waals surface area contributed by atoms with Crippen molar-refractivity contribution in [2.24, 2.45) is 0 Å². The molecule has 9 nitrogen and oxygen atoms in total. The zero-order chi connectivity index (χ0) is 21.2. The van der Waals surface area contributed by atoms with E-state index in [-0.39, 0.29) is 11.4 Å². The molecule has 0 radical (unpaired) electrons. The number of anilines is 2. The summed E-state index contributed by atoms with van der Waals surface area (Å²) in [6.45, 7) is 2.51. The van der Waals surface area contributed by atoms with Crippen LogP contribution in [0.5, 0.6) is 0 Å². The first-order valence-corrected chi connectivity index (χ1v) is 9.39. The molecule has 2 aromatic rings. The highest BCUT2D eigenvalue weighted by Gasteiger charge is 2.19. The number of non-ortho nitro benzene ring substituents is 1. The standard InChI is InChI=1S/C20H23N3O6/c1-2-3-4-5-6-13-29-20(24)15-7-9-16(10-8-15)21-18-12-11-17(22(25)26)14-19(18)23(27)28/h7-12,14,21H,2-6,13H2,1H3. The van der Waals surface area contributed by atoms with Crippen LogP contribution in [0.15, 0.2) is 42.5 Å². The normalized spacial score (nSPS) is 10.4. The van der Waals surface area contributed by atoms with E-state index in [2.05, 4.69) is 12.2 Å². The van der Waals surface area contributed by atoms with E-state index in [0.29, 0.717) is 17.9 Å². The highest BCUT2D eigenvalue weighted by Crippen LogP contribution is 2.31. The zero-order valence-electron chi connectivity index (χ0n) is 16.1. The fourth-order valence-corrected chi connectivity index (χ4v) is 2.69. The molecule has 9 heteroatoms. The number of esters is 1. The number of nitrogens with one attached hydrogen (secondary N) is 1. The molecule has 0 fully saturated rings. The first kappa shape index (κ1) is 21.8. The molecule has 2 rings (SSSR count). The van der Waals surface area contributed by atoms with E-state index in [9.17, 15) is 25.0 Å². The lowest BCUT2D eigenvalue weighted by Crippen LogP contribution is -2.06. The van der Waals surface area contributed by atoms with Crippen LogP contribution in [0, 0.1) is 20.2 Å². The molecule has 0 atom stereocenters. The Kier molecular flexibility index (Phi) is 8.08. The average molecular weight is 401 g/mol. The minimum atomic E-state index is -0.693. The van der Waals surface area contributed by atoms with Crippen molar-refractivity contribution in [3.05, 3.63) is 68.3 Å². The smallest absolute Gasteiger partial charge is 0.338 e. The fourth-order valence-electron chi connectivity index (χ4n) is 2.69. The van der Waals surface area contributed by atoms with E-state index in [1.807, 2.05) is 0 Å². The van der Waals surface area contributed by atoms with Crippen molar-refractivity contribution in [1.82, 2.24) is 0 Å². The van der Waals surface area contributed by atoms with Crippen molar-refractivity contribution < 1.29 is 19.4 Å². The molecule has 0 aliphatic carbocycles. The number of ether oxygens (including phenoxy) is 1. The lowest BCUT2D eigenvalue weighted by atomic mass is 10.1. The predicted octanol–water partition coefficient (Wildman–Crippen LogP) is 5.37. The van der Waals surface area contributed by atoms with Crippen LogP contribution in [-0.2, 0) is 4.74 Å². The van der Waals surface area contributed by atoms with E-state index in [4.69, 9.17) is 4.74 Å². The Labute approximate surface area is 168 Å². The van der Waals surface area contributed by atoms with Gasteiger partial charge in [0.05, 0.1) is 28.1 Å². The van der Waals surface area contributed by atoms with Crippen molar-refractivity contribution in [3.8, 4) is 0 Å². The number of carbonyl (C=O) groups is 1. The molecule has 2 aromatic carbocycles. The topological polar surface area (TPSA) is 125 Å². The summed E-state index contributed by atoms with van der Waals surface area (Å²) < 4.78 is 5.24. The van der Waals surface area contributed by atoms with Gasteiger partial charge in [0.1, 0.15) is 5.69 Å². The molecule has 29 heavy (non-hydrogen) atoms. The van der Waals surface area contributed by atoms with Crippen LogP contribution < -0.4 is 5.32 Å². The van der Waals surface area contributed by atoms with E-state index in [0.717, 1.165) is 31.7 Å². The van der Waals surface area contributed by atoms with E-state index >= 15 is 0 Å². The third kappa shape index (κ3) is 6.56. The summed E-state index contributed by atoms with van der Waals surface area (Å²) in [6, 6.07) is 9.64. The lowest BCUT2D eigenvalue weighted by molar-refractivity contribution is -0.393. The van der Waals surface area contributed by atoms with Crippen molar-refractivity contribution in [1.29, 1.82) is 0 Å². The predicted molar refractivity (Wildman–Crippen MR) is 109 cm³/mol. The van der Waals surface area contributed by atoms with Gasteiger partial charge >= 0.3 is 5.97 Å². The van der Waals surface area contributed by atoms with Gasteiger partial charge in [-0.2, -0.15) is 0 Å². The Bertz CT molecular complexity index is 867. The van der Waals surface area contributed by atoms with Crippen LogP contribution in [0.3, 0.4) is 0 Å². The van der Waals surface area contributed by atoms with Crippen LogP contribution in [0.1, 0.15) is 49.4 Å². The molecule has 0 heterocycles. The van der Waals surface area contributed by atoms with Gasteiger partial charge in [0.15, 0.2) is 0 Å². The monoisotopic (exact) mass is 401 g/mol. The summed E-state index contributed by atoms with van der Waals surface area (Å²) in [6.07, 6.45) is 5.31. The Morgan fingerprint density at radius 1 is 0.966 bits per heavy atom. The average Bonchev–Trinajstić information content (AvgIpc) is 2.71. The number of nitro benzene ring substituents is 2. The maximum atomic E-state index is 12.1. The Morgan fingerprint density at radius 2 is 1.66 bits per heavy atom. The summed E-state index contributed by atoms with van der Waals surface area (Å²) in [5.41, 5.74) is 0.212. The van der Waals surface area contributed by atoms with Crippen LogP contribution in [0.4, 0.5) is 22.7 Å². The SMILES string of the molecule is CCCCCCCOC(=O)c1ccc(Nc2ccc([N+](=O)[O-])cc2[N+](=O)[O-])cc1. The van der Waals surface area contributed by atoms with Gasteiger partial charge in [0, 0.05) is 11.8 Å². The number of benzene rings is 2. The minimum absolute atomic E-state index is 0.114. The number of unbranched alkanes of at least 4 members (excludes halogenated alkanes) is 4. The first-order valence-electron chi connectivity index (χ1n) is 9.39. The number of rotatable bonds is 11. The quantitative estimate of drug-likeness (QED) is 0.232. The van der Waals surface area contributed by atoms with Crippen molar-refractivity contribution in [2.45, 2.75) is 39.0 Å². The number of nitrogens with zero attached hydrogens (tertiary/aromatic N) is 2. The number of nitro groups is 2. The molecule has 154 valence electrons. The molecule has 0 aromatic heterocycles. The summed E-state index contributed by atoms with van der Waals surface area (Å²) in [5, 5.41) is 24.8. The van der Waals surface area contributed by atoms with Gasteiger partial charge in [-0.05, 0) is 36.8 Å². The van der Waals surface area contributed by atoms with Gasteiger partial charge in [-0.15, -0.1) is 0 Å². The van der Waals surface area contributed by atoms with Crippen LogP contribution in [0.2, 0.25) is 0 Å². The Hall–Kier alpha value is -3.49. The summed E-state index contributed by atoms with van der Waals surface area (Å²) >= 11 is 0. The third-order valence-electron chi connectivity index (χ3n) is 4.27.